The number of fused-ring (bicyclic) bond motifs is 1. The van der Waals surface area contributed by atoms with E-state index in [1.807, 2.05) is 0 Å². The molecule has 1 fully saturated rings. The van der Waals surface area contributed by atoms with Crippen molar-refractivity contribution in [2.75, 3.05) is 13.7 Å². The molecule has 0 spiro atoms. The smallest absolute Gasteiger partial charge is 0.453 e. The number of likely N-dealkylation sites (tertiary alicyclic amines) is 1. The van der Waals surface area contributed by atoms with Gasteiger partial charge in [-0.15, -0.1) is 0 Å². The zero-order valence-corrected chi connectivity index (χ0v) is 18.9. The minimum atomic E-state index is -4.99. The highest BCUT2D eigenvalue weighted by Gasteiger charge is 2.41. The molecule has 4 rings (SSSR count). The van der Waals surface area contributed by atoms with Crippen LogP contribution in [0.2, 0.25) is 0 Å². The van der Waals surface area contributed by atoms with Crippen molar-refractivity contribution in [2.45, 2.75) is 51.4 Å². The van der Waals surface area contributed by atoms with Gasteiger partial charge >= 0.3 is 6.18 Å². The summed E-state index contributed by atoms with van der Waals surface area (Å²) in [4.78, 5) is 15.3. The van der Waals surface area contributed by atoms with Crippen LogP contribution in [0.15, 0.2) is 45.6 Å². The van der Waals surface area contributed by atoms with Crippen LogP contribution in [0.1, 0.15) is 43.9 Å². The van der Waals surface area contributed by atoms with Gasteiger partial charge in [-0.05, 0) is 62.2 Å². The molecule has 0 amide bonds. The minimum Gasteiger partial charge on any atom is -0.507 e. The summed E-state index contributed by atoms with van der Waals surface area (Å²) >= 11 is 0. The van der Waals surface area contributed by atoms with E-state index in [9.17, 15) is 23.1 Å². The molecule has 182 valence electrons. The summed E-state index contributed by atoms with van der Waals surface area (Å²) in [6.45, 7) is 2.99. The summed E-state index contributed by atoms with van der Waals surface area (Å²) in [7, 11) is 1.45. The fourth-order valence-electron chi connectivity index (χ4n) is 4.41. The van der Waals surface area contributed by atoms with E-state index in [4.69, 9.17) is 13.9 Å². The second-order valence-electron chi connectivity index (χ2n) is 8.33. The lowest BCUT2D eigenvalue weighted by Gasteiger charge is -2.35. The monoisotopic (exact) mass is 477 g/mol. The quantitative estimate of drug-likeness (QED) is 0.464. The largest absolute Gasteiger partial charge is 0.507 e. The number of hydrogen-bond donors (Lipinski definition) is 1. The Bertz CT molecular complexity index is 1220. The Morgan fingerprint density at radius 1 is 1.12 bits per heavy atom. The van der Waals surface area contributed by atoms with Crippen molar-refractivity contribution in [1.29, 1.82) is 0 Å². The third-order valence-electron chi connectivity index (χ3n) is 6.22. The van der Waals surface area contributed by atoms with E-state index in [1.54, 1.807) is 0 Å². The zero-order valence-electron chi connectivity index (χ0n) is 18.9. The Balaban J connectivity index is 1.84. The Labute approximate surface area is 194 Å². The van der Waals surface area contributed by atoms with Gasteiger partial charge in [0.25, 0.3) is 5.76 Å². The molecule has 2 aromatic carbocycles. The van der Waals surface area contributed by atoms with Gasteiger partial charge in [-0.25, -0.2) is 0 Å². The summed E-state index contributed by atoms with van der Waals surface area (Å²) in [5.74, 6) is -2.20. The summed E-state index contributed by atoms with van der Waals surface area (Å²) in [6, 6.07) is 8.61. The number of methoxy groups -OCH3 is 1. The molecule has 0 saturated carbocycles. The normalized spacial score (nSPS) is 17.1. The number of aromatic hydroxyl groups is 1. The lowest BCUT2D eigenvalue weighted by atomic mass is 9.98. The molecule has 1 atom stereocenters. The SMILES string of the molecule is CC[C@@H]1CCCCN1Cc1c(O)ccc2c(=O)c(Oc3ccc(OC)cc3)c(C(F)(F)F)oc12. The first-order valence-corrected chi connectivity index (χ1v) is 11.2. The van der Waals surface area contributed by atoms with Gasteiger partial charge in [0.05, 0.1) is 18.1 Å². The van der Waals surface area contributed by atoms with E-state index in [0.717, 1.165) is 32.2 Å². The number of piperidine rings is 1. The summed E-state index contributed by atoms with van der Waals surface area (Å²) in [5, 5.41) is 10.4. The maximum absolute atomic E-state index is 14.0. The van der Waals surface area contributed by atoms with Gasteiger partial charge < -0.3 is 19.0 Å². The molecule has 9 heteroatoms. The Hall–Kier alpha value is -3.20. The predicted molar refractivity (Wildman–Crippen MR) is 121 cm³/mol. The third kappa shape index (κ3) is 4.70. The van der Waals surface area contributed by atoms with E-state index >= 15 is 0 Å². The van der Waals surface area contributed by atoms with Crippen LogP contribution in [-0.2, 0) is 12.7 Å². The lowest BCUT2D eigenvalue weighted by molar-refractivity contribution is -0.154. The standard InChI is InChI=1S/C25H26F3NO5/c1-3-15-6-4-5-13-29(15)14-19-20(30)12-11-18-21(31)23(24(25(26,27)28)34-22(18)19)33-17-9-7-16(32-2)8-10-17/h7-12,15,30H,3-6,13-14H2,1-2H3/t15-/m1/s1. The number of alkyl halides is 3. The van der Waals surface area contributed by atoms with Crippen LogP contribution in [-0.4, -0.2) is 29.7 Å². The van der Waals surface area contributed by atoms with E-state index < -0.39 is 23.1 Å². The zero-order chi connectivity index (χ0) is 24.5. The molecule has 0 aliphatic carbocycles. The van der Waals surface area contributed by atoms with Gasteiger partial charge in [0.15, 0.2) is 0 Å². The molecule has 1 aromatic heterocycles. The maximum atomic E-state index is 14.0. The Kier molecular flexibility index (Phi) is 6.74. The Morgan fingerprint density at radius 2 is 1.82 bits per heavy atom. The van der Waals surface area contributed by atoms with Crippen LogP contribution in [0.4, 0.5) is 13.2 Å². The highest BCUT2D eigenvalue weighted by atomic mass is 19.4. The number of hydrogen-bond acceptors (Lipinski definition) is 6. The van der Waals surface area contributed by atoms with E-state index in [-0.39, 0.29) is 40.6 Å². The number of benzene rings is 2. The molecule has 6 nitrogen and oxygen atoms in total. The topological polar surface area (TPSA) is 72.1 Å². The van der Waals surface area contributed by atoms with Gasteiger partial charge in [0.2, 0.25) is 11.2 Å². The molecule has 1 N–H and O–H groups in total. The fourth-order valence-corrected chi connectivity index (χ4v) is 4.41. The highest BCUT2D eigenvalue weighted by molar-refractivity contribution is 5.83. The number of halogens is 3. The van der Waals surface area contributed by atoms with Crippen LogP contribution >= 0.6 is 0 Å². The molecule has 34 heavy (non-hydrogen) atoms. The van der Waals surface area contributed by atoms with Crippen molar-refractivity contribution in [2.24, 2.45) is 0 Å². The van der Waals surface area contributed by atoms with E-state index in [0.29, 0.717) is 5.75 Å². The number of phenolic OH excluding ortho intramolecular Hbond substituents is 1. The minimum absolute atomic E-state index is 0.0241. The highest BCUT2D eigenvalue weighted by Crippen LogP contribution is 2.40. The Morgan fingerprint density at radius 3 is 2.47 bits per heavy atom. The predicted octanol–water partition coefficient (Wildman–Crippen LogP) is 6.08. The van der Waals surface area contributed by atoms with Crippen molar-refractivity contribution in [3.05, 3.63) is 57.9 Å². The molecule has 0 bridgehead atoms. The molecule has 1 aliphatic heterocycles. The van der Waals surface area contributed by atoms with Crippen LogP contribution in [0.3, 0.4) is 0 Å². The van der Waals surface area contributed by atoms with Gasteiger partial charge in [0.1, 0.15) is 22.8 Å². The molecular formula is C25H26F3NO5. The van der Waals surface area contributed by atoms with Crippen molar-refractivity contribution in [1.82, 2.24) is 4.90 Å². The van der Waals surface area contributed by atoms with Crippen LogP contribution in [0.5, 0.6) is 23.0 Å². The average molecular weight is 477 g/mol. The molecule has 1 aliphatic rings. The van der Waals surface area contributed by atoms with Crippen molar-refractivity contribution < 1.29 is 32.2 Å². The van der Waals surface area contributed by atoms with Crippen molar-refractivity contribution in [3.8, 4) is 23.0 Å². The molecule has 2 heterocycles. The third-order valence-corrected chi connectivity index (χ3v) is 6.22. The van der Waals surface area contributed by atoms with Gasteiger partial charge in [-0.2, -0.15) is 13.2 Å². The molecule has 1 saturated heterocycles. The molecular weight excluding hydrogens is 451 g/mol. The summed E-state index contributed by atoms with van der Waals surface area (Å²) in [6.07, 6.45) is -1.10. The number of rotatable bonds is 6. The number of nitrogens with zero attached hydrogens (tertiary/aromatic N) is 1. The summed E-state index contributed by atoms with van der Waals surface area (Å²) < 4.78 is 57.7. The first-order valence-electron chi connectivity index (χ1n) is 11.2. The van der Waals surface area contributed by atoms with Gasteiger partial charge in [-0.1, -0.05) is 13.3 Å². The maximum Gasteiger partial charge on any atom is 0.453 e. The lowest BCUT2D eigenvalue weighted by Crippen LogP contribution is -2.38. The second kappa shape index (κ2) is 9.58. The van der Waals surface area contributed by atoms with Crippen LogP contribution in [0, 0.1) is 0 Å². The van der Waals surface area contributed by atoms with Crippen LogP contribution < -0.4 is 14.9 Å². The van der Waals surface area contributed by atoms with Crippen LogP contribution in [0.25, 0.3) is 11.0 Å². The van der Waals surface area contributed by atoms with Gasteiger partial charge in [0, 0.05) is 12.6 Å². The second-order valence-corrected chi connectivity index (χ2v) is 8.33. The first kappa shape index (κ1) is 23.9. The molecule has 3 aromatic rings. The summed E-state index contributed by atoms with van der Waals surface area (Å²) in [5.41, 5.74) is -1.08. The molecule has 0 unspecified atom stereocenters. The number of phenols is 1. The average Bonchev–Trinajstić information content (AvgIpc) is 2.82. The first-order chi connectivity index (χ1) is 16.2. The molecule has 0 radical (unpaired) electrons. The fraction of sp³-hybridized carbons (Fsp3) is 0.400. The van der Waals surface area contributed by atoms with E-state index in [1.165, 1.54) is 43.5 Å². The number of ether oxygens (including phenoxy) is 2. The van der Waals surface area contributed by atoms with Crippen molar-refractivity contribution >= 4 is 11.0 Å². The van der Waals surface area contributed by atoms with E-state index in [2.05, 4.69) is 11.8 Å². The van der Waals surface area contributed by atoms with Gasteiger partial charge in [-0.3, -0.25) is 9.69 Å². The van der Waals surface area contributed by atoms with Crippen molar-refractivity contribution in [3.63, 3.8) is 0 Å².